The molecule has 4 heterocycles. The summed E-state index contributed by atoms with van der Waals surface area (Å²) in [5.41, 5.74) is 4.99. The molecule has 1 unspecified atom stereocenters. The van der Waals surface area contributed by atoms with E-state index in [1.54, 1.807) is 23.1 Å². The number of H-pyrrole nitrogens is 1. The first kappa shape index (κ1) is 28.1. The number of hydrogen-bond donors (Lipinski definition) is 3. The Morgan fingerprint density at radius 1 is 1.09 bits per heavy atom. The quantitative estimate of drug-likeness (QED) is 0.223. The molecule has 1 aliphatic heterocycles. The van der Waals surface area contributed by atoms with Crippen molar-refractivity contribution in [1.29, 1.82) is 0 Å². The van der Waals surface area contributed by atoms with Crippen LogP contribution in [0.2, 0.25) is 0 Å². The van der Waals surface area contributed by atoms with Crippen LogP contribution in [0.3, 0.4) is 0 Å². The maximum Gasteiger partial charge on any atom is 0.254 e. The minimum absolute atomic E-state index is 0.0738. The fourth-order valence-corrected chi connectivity index (χ4v) is 6.13. The third kappa shape index (κ3) is 5.20. The lowest BCUT2D eigenvalue weighted by Crippen LogP contribution is -2.30. The van der Waals surface area contributed by atoms with Gasteiger partial charge in [-0.1, -0.05) is 6.07 Å². The molecule has 2 atom stereocenters. The minimum atomic E-state index is -0.720. The van der Waals surface area contributed by atoms with Gasteiger partial charge in [-0.3, -0.25) is 4.79 Å². The van der Waals surface area contributed by atoms with E-state index in [2.05, 4.69) is 15.3 Å². The second-order valence-electron chi connectivity index (χ2n) is 11.3. The number of aryl methyl sites for hydroxylation is 1. The van der Waals surface area contributed by atoms with Gasteiger partial charge in [-0.05, 0) is 61.6 Å². The van der Waals surface area contributed by atoms with Crippen molar-refractivity contribution in [3.05, 3.63) is 54.0 Å². The number of fused-ring (bicyclic) bond motifs is 2. The average molecular weight is 599 g/mol. The molecule has 0 bridgehead atoms. The maximum absolute atomic E-state index is 13.2. The van der Waals surface area contributed by atoms with Crippen LogP contribution in [0.4, 0.5) is 11.6 Å². The molecule has 12 nitrogen and oxygen atoms in total. The van der Waals surface area contributed by atoms with Crippen LogP contribution in [0.15, 0.2) is 47.0 Å². The van der Waals surface area contributed by atoms with Gasteiger partial charge in [0.2, 0.25) is 11.8 Å². The molecule has 12 heteroatoms. The van der Waals surface area contributed by atoms with Crippen molar-refractivity contribution in [1.82, 2.24) is 24.8 Å². The average Bonchev–Trinajstić information content (AvgIpc) is 3.83. The summed E-state index contributed by atoms with van der Waals surface area (Å²) in [5.74, 6) is 1.66. The molecule has 5 aromatic rings. The van der Waals surface area contributed by atoms with Crippen LogP contribution < -0.4 is 14.8 Å². The highest BCUT2D eigenvalue weighted by atomic mass is 16.5. The molecule has 0 radical (unpaired) electrons. The normalized spacial score (nSPS) is 18.9. The molecule has 2 aliphatic rings. The highest BCUT2D eigenvalue weighted by Gasteiger charge is 2.34. The molecule has 1 saturated carbocycles. The van der Waals surface area contributed by atoms with Gasteiger partial charge in [0.25, 0.3) is 5.91 Å². The van der Waals surface area contributed by atoms with E-state index in [9.17, 15) is 9.90 Å². The van der Waals surface area contributed by atoms with Gasteiger partial charge in [-0.2, -0.15) is 9.97 Å². The zero-order valence-electron chi connectivity index (χ0n) is 24.8. The van der Waals surface area contributed by atoms with Gasteiger partial charge in [0.1, 0.15) is 29.1 Å². The number of aliphatic hydroxyl groups is 1. The van der Waals surface area contributed by atoms with E-state index >= 15 is 0 Å². The number of rotatable bonds is 8. The number of carbonyl (C=O) groups excluding carboxylic acids is 1. The van der Waals surface area contributed by atoms with Crippen molar-refractivity contribution in [2.24, 2.45) is 0 Å². The number of ether oxygens (including phenoxy) is 3. The van der Waals surface area contributed by atoms with E-state index in [4.69, 9.17) is 28.6 Å². The largest absolute Gasteiger partial charge is 0.495 e. The number of methoxy groups -OCH3 is 2. The first-order valence-electron chi connectivity index (χ1n) is 14.8. The molecule has 3 N–H and O–H groups in total. The number of aromatic nitrogens is 4. The molecule has 44 heavy (non-hydrogen) atoms. The van der Waals surface area contributed by atoms with Crippen LogP contribution in [-0.2, 0) is 4.74 Å². The molecule has 228 valence electrons. The van der Waals surface area contributed by atoms with Crippen LogP contribution in [0.5, 0.6) is 11.6 Å². The third-order valence-corrected chi connectivity index (χ3v) is 8.41. The third-order valence-electron chi connectivity index (χ3n) is 8.41. The lowest BCUT2D eigenvalue weighted by Gasteiger charge is -2.18. The zero-order valence-corrected chi connectivity index (χ0v) is 24.8. The van der Waals surface area contributed by atoms with E-state index in [1.807, 2.05) is 31.3 Å². The molecule has 7 rings (SSSR count). The Labute approximate surface area is 253 Å². The van der Waals surface area contributed by atoms with E-state index in [0.29, 0.717) is 52.5 Å². The summed E-state index contributed by atoms with van der Waals surface area (Å²) >= 11 is 0. The summed E-state index contributed by atoms with van der Waals surface area (Å²) in [7, 11) is 3.07. The second kappa shape index (κ2) is 11.4. The SMILES string of the molecule is COc1cc(C(=O)N2CC(OC)[C@H](O)C2)ccc1Nc1nc(OC2CCCC2)c2c(-c3ccc4nc(C)oc4c3)c[nH]c2n1. The predicted molar refractivity (Wildman–Crippen MR) is 163 cm³/mol. The van der Waals surface area contributed by atoms with Gasteiger partial charge in [0, 0.05) is 44.4 Å². The van der Waals surface area contributed by atoms with Crippen molar-refractivity contribution < 1.29 is 28.5 Å². The zero-order chi connectivity index (χ0) is 30.4. The van der Waals surface area contributed by atoms with E-state index in [1.165, 1.54) is 14.2 Å². The van der Waals surface area contributed by atoms with E-state index in [0.717, 1.165) is 47.7 Å². The first-order valence-corrected chi connectivity index (χ1v) is 14.8. The number of benzene rings is 2. The number of β-amino-alcohol motifs (C(OH)–C–C–N with tert-alkyl or cyclic N) is 1. The number of nitrogens with one attached hydrogen (secondary N) is 2. The Morgan fingerprint density at radius 3 is 2.70 bits per heavy atom. The van der Waals surface area contributed by atoms with Crippen LogP contribution in [0.1, 0.15) is 41.9 Å². The maximum atomic E-state index is 13.2. The van der Waals surface area contributed by atoms with Crippen LogP contribution in [0.25, 0.3) is 33.3 Å². The number of aliphatic hydroxyl groups excluding tert-OH is 1. The molecule has 3 aromatic heterocycles. The minimum Gasteiger partial charge on any atom is -0.495 e. The molecule has 1 saturated heterocycles. The summed E-state index contributed by atoms with van der Waals surface area (Å²) in [5, 5.41) is 14.2. The lowest BCUT2D eigenvalue weighted by molar-refractivity contribution is 0.0215. The molecule has 1 aliphatic carbocycles. The summed E-state index contributed by atoms with van der Waals surface area (Å²) in [6.45, 7) is 2.36. The first-order chi connectivity index (χ1) is 21.4. The van der Waals surface area contributed by atoms with Crippen molar-refractivity contribution in [2.45, 2.75) is 50.9 Å². The van der Waals surface area contributed by atoms with Crippen LogP contribution in [0, 0.1) is 6.92 Å². The Balaban J connectivity index is 1.22. The van der Waals surface area contributed by atoms with Crippen molar-refractivity contribution in [3.8, 4) is 22.8 Å². The fraction of sp³-hybridized carbons (Fsp3) is 0.375. The Bertz CT molecular complexity index is 1840. The van der Waals surface area contributed by atoms with Gasteiger partial charge >= 0.3 is 0 Å². The number of likely N-dealkylation sites (tertiary alicyclic amines) is 1. The Morgan fingerprint density at radius 2 is 1.93 bits per heavy atom. The number of aromatic amines is 1. The summed E-state index contributed by atoms with van der Waals surface area (Å²) < 4.78 is 23.2. The van der Waals surface area contributed by atoms with Crippen molar-refractivity contribution >= 4 is 39.7 Å². The topological polar surface area (TPSA) is 148 Å². The monoisotopic (exact) mass is 598 g/mol. The highest BCUT2D eigenvalue weighted by Crippen LogP contribution is 2.38. The lowest BCUT2D eigenvalue weighted by atomic mass is 10.1. The summed E-state index contributed by atoms with van der Waals surface area (Å²) in [4.78, 5) is 32.1. The number of anilines is 2. The van der Waals surface area contributed by atoms with Gasteiger partial charge in [0.15, 0.2) is 11.5 Å². The summed E-state index contributed by atoms with van der Waals surface area (Å²) in [6.07, 6.45) is 5.04. The molecule has 1 amide bonds. The predicted octanol–water partition coefficient (Wildman–Crippen LogP) is 4.98. The standard InChI is InChI=1S/C32H34N6O6/c1-17-34-23-10-8-18(12-26(23)43-17)21-14-33-29-28(21)30(44-20-6-4-5-7-20)37-32(36-29)35-22-11-9-19(13-25(22)41-2)31(40)38-15-24(39)27(16-38)42-3/h8-14,20,24,27,39H,4-7,15-16H2,1-3H3,(H2,33,35,36,37)/t24-,27?/m1/s1. The van der Waals surface area contributed by atoms with Crippen LogP contribution >= 0.6 is 0 Å². The number of carbonyl (C=O) groups is 1. The van der Waals surface area contributed by atoms with Crippen molar-refractivity contribution in [2.75, 3.05) is 32.6 Å². The molecule has 2 fully saturated rings. The van der Waals surface area contributed by atoms with Gasteiger partial charge in [0.05, 0.1) is 24.3 Å². The van der Waals surface area contributed by atoms with Gasteiger partial charge < -0.3 is 38.9 Å². The summed E-state index contributed by atoms with van der Waals surface area (Å²) in [6, 6.07) is 11.0. The van der Waals surface area contributed by atoms with Gasteiger partial charge in [-0.25, -0.2) is 4.98 Å². The van der Waals surface area contributed by atoms with Gasteiger partial charge in [-0.15, -0.1) is 0 Å². The number of oxazole rings is 1. The highest BCUT2D eigenvalue weighted by molar-refractivity contribution is 5.99. The number of amides is 1. The Kier molecular flexibility index (Phi) is 7.31. The molecular weight excluding hydrogens is 564 g/mol. The van der Waals surface area contributed by atoms with Crippen molar-refractivity contribution in [3.63, 3.8) is 0 Å². The van der Waals surface area contributed by atoms with E-state index < -0.39 is 12.2 Å². The number of nitrogens with zero attached hydrogens (tertiary/aromatic N) is 4. The fourth-order valence-electron chi connectivity index (χ4n) is 6.13. The molecule has 2 aromatic carbocycles. The Hall–Kier alpha value is -4.68. The van der Waals surface area contributed by atoms with Crippen LogP contribution in [-0.4, -0.2) is 81.5 Å². The molecular formula is C32H34N6O6. The number of hydrogen-bond acceptors (Lipinski definition) is 10. The molecule has 0 spiro atoms. The van der Waals surface area contributed by atoms with E-state index in [-0.39, 0.29) is 18.6 Å². The second-order valence-corrected chi connectivity index (χ2v) is 11.3. The smallest absolute Gasteiger partial charge is 0.254 e.